The zero-order chi connectivity index (χ0) is 23.6. The highest BCUT2D eigenvalue weighted by Gasteiger charge is 2.35. The number of nitrogen functional groups attached to an aromatic ring is 1. The summed E-state index contributed by atoms with van der Waals surface area (Å²) >= 11 is 0. The Hall–Kier alpha value is -3.70. The van der Waals surface area contributed by atoms with Gasteiger partial charge in [-0.05, 0) is 47.5 Å². The lowest BCUT2D eigenvalue weighted by Gasteiger charge is -2.17. The molecule has 0 spiro atoms. The Balaban J connectivity index is 1.43. The van der Waals surface area contributed by atoms with Gasteiger partial charge < -0.3 is 20.7 Å². The van der Waals surface area contributed by atoms with E-state index in [0.717, 1.165) is 5.39 Å². The number of nitrogens with zero attached hydrogens (tertiary/aromatic N) is 2. The summed E-state index contributed by atoms with van der Waals surface area (Å²) < 4.78 is 33.5. The number of rotatable bonds is 7. The fraction of sp³-hybridized carbons (Fsp3) is 0.227. The zero-order valence-corrected chi connectivity index (χ0v) is 18.6. The number of anilines is 2. The largest absolute Gasteiger partial charge is 0.497 e. The maximum Gasteiger partial charge on any atom is 0.244 e. The van der Waals surface area contributed by atoms with E-state index in [9.17, 15) is 18.0 Å². The molecule has 3 aromatic rings. The first-order valence-corrected chi connectivity index (χ1v) is 11.6. The first-order chi connectivity index (χ1) is 15.8. The van der Waals surface area contributed by atoms with Gasteiger partial charge in [0.25, 0.3) is 0 Å². The van der Waals surface area contributed by atoms with Crippen LogP contribution in [0.3, 0.4) is 0 Å². The van der Waals surface area contributed by atoms with Crippen LogP contribution >= 0.6 is 0 Å². The minimum absolute atomic E-state index is 0.0420. The normalized spacial score (nSPS) is 16.2. The Kier molecular flexibility index (Phi) is 6.16. The molecule has 0 unspecified atom stereocenters. The molecular weight excluding hydrogens is 446 g/mol. The molecule has 0 aliphatic carbocycles. The number of aromatic nitrogens is 1. The quantitative estimate of drug-likeness (QED) is 0.474. The van der Waals surface area contributed by atoms with Gasteiger partial charge >= 0.3 is 0 Å². The fourth-order valence-corrected chi connectivity index (χ4v) is 4.90. The Bertz CT molecular complexity index is 1330. The first-order valence-electron chi connectivity index (χ1n) is 10.1. The van der Waals surface area contributed by atoms with E-state index in [0.29, 0.717) is 22.5 Å². The monoisotopic (exact) mass is 469 g/mol. The Morgan fingerprint density at radius 3 is 2.76 bits per heavy atom. The standard InChI is InChI=1S/C22H23N5O5S/c1-32-16-4-2-14-3-5-17(11-15(14)10-16)33(30,31)26-20-7-9-27(22(20)29)13-21(28)25-19-6-8-24-12-18(19)23/h2-6,8,10-12,20,26H,7,9,13,23H2,1H3,(H,24,25,28)/t20-/m0/s1. The first kappa shape index (κ1) is 22.5. The smallest absolute Gasteiger partial charge is 0.244 e. The number of likely N-dealkylation sites (tertiary alicyclic amines) is 1. The summed E-state index contributed by atoms with van der Waals surface area (Å²) in [6.07, 6.45) is 3.15. The number of nitrogens with two attached hydrogens (primary N) is 1. The molecule has 4 N–H and O–H groups in total. The van der Waals surface area contributed by atoms with E-state index in [1.807, 2.05) is 6.07 Å². The molecule has 172 valence electrons. The molecule has 0 bridgehead atoms. The van der Waals surface area contributed by atoms with Crippen LogP contribution in [0.2, 0.25) is 0 Å². The minimum Gasteiger partial charge on any atom is -0.497 e. The van der Waals surface area contributed by atoms with Crippen molar-refractivity contribution in [3.05, 3.63) is 54.9 Å². The van der Waals surface area contributed by atoms with Crippen molar-refractivity contribution in [3.63, 3.8) is 0 Å². The third-order valence-corrected chi connectivity index (χ3v) is 6.85. The van der Waals surface area contributed by atoms with Crippen molar-refractivity contribution in [2.24, 2.45) is 0 Å². The van der Waals surface area contributed by atoms with Gasteiger partial charge in [-0.15, -0.1) is 0 Å². The molecule has 1 aliphatic heterocycles. The molecule has 1 aliphatic rings. The average Bonchev–Trinajstić information content (AvgIpc) is 3.12. The minimum atomic E-state index is -3.96. The maximum atomic E-state index is 12.9. The third kappa shape index (κ3) is 4.89. The van der Waals surface area contributed by atoms with Crippen LogP contribution in [0, 0.1) is 0 Å². The number of pyridine rings is 1. The van der Waals surface area contributed by atoms with E-state index in [1.54, 1.807) is 24.3 Å². The van der Waals surface area contributed by atoms with Crippen LogP contribution in [-0.2, 0) is 19.6 Å². The molecule has 2 aromatic carbocycles. The highest BCUT2D eigenvalue weighted by atomic mass is 32.2. The number of carbonyl (C=O) groups is 2. The van der Waals surface area contributed by atoms with E-state index >= 15 is 0 Å². The Labute approximate surface area is 190 Å². The number of hydrogen-bond donors (Lipinski definition) is 3. The summed E-state index contributed by atoms with van der Waals surface area (Å²) in [5, 5.41) is 4.18. The molecule has 1 aromatic heterocycles. The summed E-state index contributed by atoms with van der Waals surface area (Å²) in [6, 6.07) is 10.7. The lowest BCUT2D eigenvalue weighted by molar-refractivity contribution is -0.132. The number of ether oxygens (including phenoxy) is 1. The van der Waals surface area contributed by atoms with Gasteiger partial charge in [-0.3, -0.25) is 14.6 Å². The Morgan fingerprint density at radius 1 is 1.21 bits per heavy atom. The van der Waals surface area contributed by atoms with E-state index in [1.165, 1.54) is 36.5 Å². The van der Waals surface area contributed by atoms with E-state index in [-0.39, 0.29) is 24.4 Å². The predicted molar refractivity (Wildman–Crippen MR) is 123 cm³/mol. The van der Waals surface area contributed by atoms with Crippen LogP contribution < -0.4 is 20.5 Å². The molecule has 1 atom stereocenters. The van der Waals surface area contributed by atoms with Crippen LogP contribution in [0.25, 0.3) is 10.8 Å². The number of carbonyl (C=O) groups excluding carboxylic acids is 2. The van der Waals surface area contributed by atoms with Crippen molar-refractivity contribution in [1.29, 1.82) is 0 Å². The second-order valence-electron chi connectivity index (χ2n) is 7.61. The Morgan fingerprint density at radius 2 is 2.00 bits per heavy atom. The second-order valence-corrected chi connectivity index (χ2v) is 9.32. The van der Waals surface area contributed by atoms with Crippen LogP contribution in [0.15, 0.2) is 59.8 Å². The molecule has 2 heterocycles. The van der Waals surface area contributed by atoms with Crippen molar-refractivity contribution in [2.45, 2.75) is 17.4 Å². The SMILES string of the molecule is COc1ccc2ccc(S(=O)(=O)N[C@H]3CCN(CC(=O)Nc4ccncc4N)C3=O)cc2c1. The fourth-order valence-electron chi connectivity index (χ4n) is 3.64. The average molecular weight is 470 g/mol. The van der Waals surface area contributed by atoms with E-state index in [2.05, 4.69) is 15.0 Å². The molecule has 0 saturated carbocycles. The second kappa shape index (κ2) is 9.04. The van der Waals surface area contributed by atoms with Gasteiger partial charge in [0.2, 0.25) is 21.8 Å². The summed E-state index contributed by atoms with van der Waals surface area (Å²) in [6.45, 7) is 0.0365. The van der Waals surface area contributed by atoms with Gasteiger partial charge in [-0.25, -0.2) is 8.42 Å². The van der Waals surface area contributed by atoms with Gasteiger partial charge in [-0.1, -0.05) is 12.1 Å². The van der Waals surface area contributed by atoms with Gasteiger partial charge in [0.1, 0.15) is 11.8 Å². The highest BCUT2D eigenvalue weighted by molar-refractivity contribution is 7.89. The molecular formula is C22H23N5O5S. The summed E-state index contributed by atoms with van der Waals surface area (Å²) in [5.41, 5.74) is 6.46. The van der Waals surface area contributed by atoms with Crippen LogP contribution in [-0.4, -0.2) is 56.4 Å². The molecule has 33 heavy (non-hydrogen) atoms. The van der Waals surface area contributed by atoms with Crippen LogP contribution in [0.4, 0.5) is 11.4 Å². The lowest BCUT2D eigenvalue weighted by Crippen LogP contribution is -2.43. The summed E-state index contributed by atoms with van der Waals surface area (Å²) in [4.78, 5) is 30.3. The number of amides is 2. The number of fused-ring (bicyclic) bond motifs is 1. The van der Waals surface area contributed by atoms with E-state index < -0.39 is 27.9 Å². The number of hydrogen-bond acceptors (Lipinski definition) is 7. The van der Waals surface area contributed by atoms with Crippen molar-refractivity contribution in [3.8, 4) is 5.75 Å². The molecule has 4 rings (SSSR count). The topological polar surface area (TPSA) is 144 Å². The number of methoxy groups -OCH3 is 1. The third-order valence-electron chi connectivity index (χ3n) is 5.38. The van der Waals surface area contributed by atoms with Crippen molar-refractivity contribution in [2.75, 3.05) is 31.2 Å². The molecule has 2 amide bonds. The molecule has 11 heteroatoms. The predicted octanol–water partition coefficient (Wildman–Crippen LogP) is 1.34. The van der Waals surface area contributed by atoms with Gasteiger partial charge in [-0.2, -0.15) is 4.72 Å². The van der Waals surface area contributed by atoms with Gasteiger partial charge in [0, 0.05) is 12.7 Å². The maximum absolute atomic E-state index is 12.9. The van der Waals surface area contributed by atoms with Crippen LogP contribution in [0.1, 0.15) is 6.42 Å². The lowest BCUT2D eigenvalue weighted by atomic mass is 10.1. The van der Waals surface area contributed by atoms with Crippen molar-refractivity contribution in [1.82, 2.24) is 14.6 Å². The van der Waals surface area contributed by atoms with Crippen molar-refractivity contribution < 1.29 is 22.7 Å². The van der Waals surface area contributed by atoms with Gasteiger partial charge in [0.15, 0.2) is 0 Å². The molecule has 1 fully saturated rings. The van der Waals surface area contributed by atoms with E-state index in [4.69, 9.17) is 10.5 Å². The summed E-state index contributed by atoms with van der Waals surface area (Å²) in [5.74, 6) is -0.287. The van der Waals surface area contributed by atoms with Crippen LogP contribution in [0.5, 0.6) is 5.75 Å². The zero-order valence-electron chi connectivity index (χ0n) is 17.8. The number of nitrogens with one attached hydrogen (secondary N) is 2. The molecule has 10 nitrogen and oxygen atoms in total. The number of sulfonamides is 1. The number of benzene rings is 2. The van der Waals surface area contributed by atoms with Crippen molar-refractivity contribution >= 4 is 44.0 Å². The summed E-state index contributed by atoms with van der Waals surface area (Å²) in [7, 11) is -2.42. The molecule has 1 saturated heterocycles. The highest BCUT2D eigenvalue weighted by Crippen LogP contribution is 2.24. The molecule has 0 radical (unpaired) electrons. The van der Waals surface area contributed by atoms with Gasteiger partial charge in [0.05, 0.1) is 36.1 Å².